The van der Waals surface area contributed by atoms with E-state index in [1.807, 2.05) is 0 Å². The number of hydrogen-bond donors (Lipinski definition) is 1. The number of ketones is 1. The van der Waals surface area contributed by atoms with E-state index in [2.05, 4.69) is 5.32 Å². The van der Waals surface area contributed by atoms with Crippen LogP contribution in [-0.4, -0.2) is 17.7 Å². The van der Waals surface area contributed by atoms with E-state index < -0.39 is 29.4 Å². The lowest BCUT2D eigenvalue weighted by Gasteiger charge is -2.20. The molecule has 0 saturated heterocycles. The third-order valence-corrected chi connectivity index (χ3v) is 5.21. The summed E-state index contributed by atoms with van der Waals surface area (Å²) in [6.45, 7) is 0. The summed E-state index contributed by atoms with van der Waals surface area (Å²) in [5, 5.41) is 2.76. The first-order valence-corrected chi connectivity index (χ1v) is 9.50. The van der Waals surface area contributed by atoms with Crippen molar-refractivity contribution in [1.29, 1.82) is 0 Å². The zero-order chi connectivity index (χ0) is 21.0. The Balaban J connectivity index is 1.80. The van der Waals surface area contributed by atoms with Crippen LogP contribution in [0.15, 0.2) is 48.5 Å². The third-order valence-electron chi connectivity index (χ3n) is 5.21. The van der Waals surface area contributed by atoms with E-state index in [0.717, 1.165) is 49.9 Å². The summed E-state index contributed by atoms with van der Waals surface area (Å²) in [6, 6.07) is 8.54. The smallest absolute Gasteiger partial charge is 0.345 e. The fourth-order valence-electron chi connectivity index (χ4n) is 3.57. The molecule has 0 spiro atoms. The minimum Gasteiger partial charge on any atom is -0.345 e. The lowest BCUT2D eigenvalue weighted by atomic mass is 9.96. The molecule has 1 unspecified atom stereocenters. The normalized spacial score (nSPS) is 15.9. The Morgan fingerprint density at radius 3 is 2.10 bits per heavy atom. The van der Waals surface area contributed by atoms with Gasteiger partial charge in [0, 0.05) is 17.9 Å². The molecule has 1 aliphatic rings. The number of hydrogen-bond acceptors (Lipinski definition) is 2. The summed E-state index contributed by atoms with van der Waals surface area (Å²) in [5.41, 5.74) is -0.0575. The number of halogens is 4. The quantitative estimate of drug-likeness (QED) is 0.544. The van der Waals surface area contributed by atoms with Gasteiger partial charge in [0.2, 0.25) is 5.91 Å². The van der Waals surface area contributed by atoms with Gasteiger partial charge in [-0.2, -0.15) is 13.2 Å². The highest BCUT2D eigenvalue weighted by Gasteiger charge is 2.31. The fourth-order valence-corrected chi connectivity index (χ4v) is 3.57. The number of carbonyl (C=O) groups excluding carboxylic acids is 2. The van der Waals surface area contributed by atoms with Crippen LogP contribution < -0.4 is 5.32 Å². The van der Waals surface area contributed by atoms with Crippen LogP contribution >= 0.6 is 0 Å². The molecule has 0 radical (unpaired) electrons. The van der Waals surface area contributed by atoms with E-state index >= 15 is 0 Å². The molecule has 0 bridgehead atoms. The van der Waals surface area contributed by atoms with Crippen LogP contribution in [0.5, 0.6) is 0 Å². The monoisotopic (exact) mass is 407 g/mol. The Labute approximate surface area is 166 Å². The highest BCUT2D eigenvalue weighted by atomic mass is 19.4. The fraction of sp³-hybridized carbons (Fsp3) is 0.364. The summed E-state index contributed by atoms with van der Waals surface area (Å²) in [6.07, 6.45) is -0.986. The van der Waals surface area contributed by atoms with E-state index in [1.54, 1.807) is 0 Å². The van der Waals surface area contributed by atoms with Crippen LogP contribution in [-0.2, 0) is 17.4 Å². The van der Waals surface area contributed by atoms with Crippen LogP contribution in [0.25, 0.3) is 0 Å². The molecule has 1 saturated carbocycles. The lowest BCUT2D eigenvalue weighted by molar-refractivity contribution is -0.137. The van der Waals surface area contributed by atoms with Crippen molar-refractivity contribution in [3.8, 4) is 0 Å². The molecule has 1 N–H and O–H groups in total. The van der Waals surface area contributed by atoms with Gasteiger partial charge >= 0.3 is 6.18 Å². The van der Waals surface area contributed by atoms with Gasteiger partial charge in [0.1, 0.15) is 5.82 Å². The number of Topliss-reactive ketones (excluding diaryl/α,β-unsaturated/α-hetero) is 1. The van der Waals surface area contributed by atoms with Crippen molar-refractivity contribution >= 4 is 11.7 Å². The van der Waals surface area contributed by atoms with Gasteiger partial charge in [-0.05, 0) is 54.8 Å². The van der Waals surface area contributed by atoms with Crippen molar-refractivity contribution in [3.63, 3.8) is 0 Å². The maximum Gasteiger partial charge on any atom is 0.416 e. The zero-order valence-electron chi connectivity index (χ0n) is 15.6. The lowest BCUT2D eigenvalue weighted by Crippen LogP contribution is -2.44. The summed E-state index contributed by atoms with van der Waals surface area (Å²) < 4.78 is 51.5. The van der Waals surface area contributed by atoms with Gasteiger partial charge in [0.15, 0.2) is 5.78 Å². The van der Waals surface area contributed by atoms with Crippen LogP contribution in [0.2, 0.25) is 0 Å². The largest absolute Gasteiger partial charge is 0.416 e. The number of alkyl halides is 3. The average Bonchev–Trinajstić information content (AvgIpc) is 3.22. The molecule has 154 valence electrons. The second kappa shape index (κ2) is 8.76. The van der Waals surface area contributed by atoms with Gasteiger partial charge in [0.25, 0.3) is 0 Å². The second-order valence-electron chi connectivity index (χ2n) is 7.31. The minimum atomic E-state index is -4.45. The Bertz CT molecular complexity index is 854. The van der Waals surface area contributed by atoms with Crippen molar-refractivity contribution in [2.45, 2.75) is 44.3 Å². The van der Waals surface area contributed by atoms with Crippen molar-refractivity contribution in [2.24, 2.45) is 5.92 Å². The van der Waals surface area contributed by atoms with Crippen LogP contribution in [0.3, 0.4) is 0 Å². The maximum absolute atomic E-state index is 13.2. The molecular weight excluding hydrogens is 386 g/mol. The van der Waals surface area contributed by atoms with Crippen molar-refractivity contribution in [1.82, 2.24) is 5.32 Å². The number of nitrogens with one attached hydrogen (secondary N) is 1. The molecule has 1 atom stereocenters. The third kappa shape index (κ3) is 5.43. The van der Waals surface area contributed by atoms with Crippen molar-refractivity contribution in [2.75, 3.05) is 0 Å². The molecule has 0 aromatic heterocycles. The highest BCUT2D eigenvalue weighted by Crippen LogP contribution is 2.29. The Morgan fingerprint density at radius 1 is 0.966 bits per heavy atom. The number of amides is 1. The molecule has 3 nitrogen and oxygen atoms in total. The molecule has 0 aliphatic heterocycles. The first-order chi connectivity index (χ1) is 13.7. The van der Waals surface area contributed by atoms with Crippen molar-refractivity contribution < 1.29 is 27.2 Å². The van der Waals surface area contributed by atoms with Gasteiger partial charge in [0.05, 0.1) is 11.6 Å². The van der Waals surface area contributed by atoms with Gasteiger partial charge in [-0.25, -0.2) is 4.39 Å². The molecule has 2 aromatic rings. The van der Waals surface area contributed by atoms with Gasteiger partial charge in [-0.3, -0.25) is 9.59 Å². The predicted octanol–water partition coefficient (Wildman–Crippen LogP) is 4.94. The minimum absolute atomic E-state index is 0.0484. The van der Waals surface area contributed by atoms with Crippen LogP contribution in [0, 0.1) is 11.7 Å². The number of rotatable bonds is 6. The first kappa shape index (κ1) is 21.0. The molecule has 7 heteroatoms. The molecule has 3 rings (SSSR count). The molecule has 0 heterocycles. The van der Waals surface area contributed by atoms with Crippen LogP contribution in [0.4, 0.5) is 17.6 Å². The van der Waals surface area contributed by atoms with Gasteiger partial charge in [-0.1, -0.05) is 25.0 Å². The van der Waals surface area contributed by atoms with E-state index in [-0.39, 0.29) is 23.8 Å². The zero-order valence-corrected chi connectivity index (χ0v) is 15.6. The summed E-state index contributed by atoms with van der Waals surface area (Å²) >= 11 is 0. The van der Waals surface area contributed by atoms with Gasteiger partial charge < -0.3 is 5.32 Å². The van der Waals surface area contributed by atoms with E-state index in [4.69, 9.17) is 0 Å². The SMILES string of the molecule is O=C(NC(Cc1ccc(C(F)(F)F)cc1)C(=O)c1ccc(F)cc1)C1CCCC1. The molecule has 2 aromatic carbocycles. The van der Waals surface area contributed by atoms with Crippen LogP contribution in [0.1, 0.15) is 47.2 Å². The molecule has 1 fully saturated rings. The molecule has 29 heavy (non-hydrogen) atoms. The predicted molar refractivity (Wildman–Crippen MR) is 99.8 cm³/mol. The molecule has 1 aliphatic carbocycles. The Kier molecular flexibility index (Phi) is 6.35. The summed E-state index contributed by atoms with van der Waals surface area (Å²) in [5.74, 6) is -1.28. The Hall–Kier alpha value is -2.70. The van der Waals surface area contributed by atoms with E-state index in [0.29, 0.717) is 5.56 Å². The van der Waals surface area contributed by atoms with Gasteiger partial charge in [-0.15, -0.1) is 0 Å². The van der Waals surface area contributed by atoms with E-state index in [1.165, 1.54) is 24.3 Å². The topological polar surface area (TPSA) is 46.2 Å². The second-order valence-corrected chi connectivity index (χ2v) is 7.31. The molecule has 1 amide bonds. The highest BCUT2D eigenvalue weighted by molar-refractivity contribution is 6.02. The summed E-state index contributed by atoms with van der Waals surface area (Å²) in [7, 11) is 0. The Morgan fingerprint density at radius 2 is 1.55 bits per heavy atom. The number of benzene rings is 2. The maximum atomic E-state index is 13.2. The van der Waals surface area contributed by atoms with Crippen molar-refractivity contribution in [3.05, 3.63) is 71.0 Å². The summed E-state index contributed by atoms with van der Waals surface area (Å²) in [4.78, 5) is 25.5. The average molecular weight is 407 g/mol. The molecular formula is C22H21F4NO2. The van der Waals surface area contributed by atoms with E-state index in [9.17, 15) is 27.2 Å². The number of carbonyl (C=O) groups is 2. The first-order valence-electron chi connectivity index (χ1n) is 9.50. The standard InChI is InChI=1S/C22H21F4NO2/c23-18-11-7-15(8-12-18)20(28)19(27-21(29)16-3-1-2-4-16)13-14-5-9-17(10-6-14)22(24,25)26/h5-12,16,19H,1-4,13H2,(H,27,29).